The van der Waals surface area contributed by atoms with E-state index in [9.17, 15) is 4.79 Å². The first kappa shape index (κ1) is 19.6. The molecule has 0 saturated carbocycles. The molecular weight excluding hydrogens is 424 g/mol. The van der Waals surface area contributed by atoms with Crippen molar-refractivity contribution in [1.82, 2.24) is 15.0 Å². The fraction of sp³-hybridized carbons (Fsp3) is 0.200. The quantitative estimate of drug-likeness (QED) is 0.550. The van der Waals surface area contributed by atoms with Crippen molar-refractivity contribution in [2.75, 3.05) is 6.54 Å². The summed E-state index contributed by atoms with van der Waals surface area (Å²) in [5, 5.41) is 12.8. The van der Waals surface area contributed by atoms with Crippen molar-refractivity contribution in [3.8, 4) is 23.2 Å². The molecule has 0 atom stereocenters. The minimum absolute atomic E-state index is 0.208. The third-order valence-electron chi connectivity index (χ3n) is 3.86. The summed E-state index contributed by atoms with van der Waals surface area (Å²) >= 11 is 3.34. The predicted molar refractivity (Wildman–Crippen MR) is 105 cm³/mol. The van der Waals surface area contributed by atoms with Gasteiger partial charge in [0.05, 0.1) is 12.5 Å². The number of amides is 1. The summed E-state index contributed by atoms with van der Waals surface area (Å²) in [6.07, 6.45) is -0.308. The first-order valence-electron chi connectivity index (χ1n) is 8.54. The van der Waals surface area contributed by atoms with E-state index in [2.05, 4.69) is 32.1 Å². The van der Waals surface area contributed by atoms with Gasteiger partial charge in [0.15, 0.2) is 0 Å². The van der Waals surface area contributed by atoms with Crippen LogP contribution in [0.3, 0.4) is 0 Å². The van der Waals surface area contributed by atoms with Crippen LogP contribution in [0, 0.1) is 18.3 Å². The second-order valence-corrected chi connectivity index (χ2v) is 6.90. The van der Waals surface area contributed by atoms with Crippen LogP contribution in [0.25, 0.3) is 11.4 Å². The SMILES string of the molecule is Cc1nc(-c2cccc(CN(CCC#N)C(=O)Oc3ccc(Br)cc3)c2)no1. The molecule has 2 aromatic carbocycles. The zero-order valence-corrected chi connectivity index (χ0v) is 16.7. The molecule has 0 unspecified atom stereocenters. The van der Waals surface area contributed by atoms with Gasteiger partial charge in [-0.3, -0.25) is 0 Å². The lowest BCUT2D eigenvalue weighted by atomic mass is 10.1. The summed E-state index contributed by atoms with van der Waals surface area (Å²) in [7, 11) is 0. The Hall–Kier alpha value is -3.18. The van der Waals surface area contributed by atoms with Crippen LogP contribution >= 0.6 is 15.9 Å². The molecule has 0 spiro atoms. The van der Waals surface area contributed by atoms with Gasteiger partial charge in [-0.05, 0) is 35.9 Å². The maximum Gasteiger partial charge on any atom is 0.415 e. The number of aryl methyl sites for hydroxylation is 1. The summed E-state index contributed by atoms with van der Waals surface area (Å²) in [4.78, 5) is 18.3. The average molecular weight is 441 g/mol. The number of hydrogen-bond acceptors (Lipinski definition) is 6. The fourth-order valence-electron chi connectivity index (χ4n) is 2.53. The monoisotopic (exact) mass is 440 g/mol. The van der Waals surface area contributed by atoms with E-state index < -0.39 is 6.09 Å². The molecule has 8 heteroatoms. The van der Waals surface area contributed by atoms with Crippen LogP contribution in [0.2, 0.25) is 0 Å². The number of rotatable bonds is 6. The molecule has 0 aliphatic rings. The van der Waals surface area contributed by atoms with Gasteiger partial charge in [0.2, 0.25) is 11.7 Å². The zero-order valence-electron chi connectivity index (χ0n) is 15.1. The van der Waals surface area contributed by atoms with Gasteiger partial charge in [0.1, 0.15) is 5.75 Å². The van der Waals surface area contributed by atoms with E-state index in [0.29, 0.717) is 24.0 Å². The number of halogens is 1. The number of nitrogens with zero attached hydrogens (tertiary/aromatic N) is 4. The van der Waals surface area contributed by atoms with Crippen LogP contribution in [0.15, 0.2) is 57.5 Å². The van der Waals surface area contributed by atoms with Crippen LogP contribution in [0.4, 0.5) is 4.79 Å². The largest absolute Gasteiger partial charge is 0.415 e. The van der Waals surface area contributed by atoms with Crippen LogP contribution < -0.4 is 4.74 Å². The number of aromatic nitrogens is 2. The van der Waals surface area contributed by atoms with Gasteiger partial charge in [-0.1, -0.05) is 39.3 Å². The first-order chi connectivity index (χ1) is 13.5. The Morgan fingerprint density at radius 2 is 2.07 bits per heavy atom. The summed E-state index contributed by atoms with van der Waals surface area (Å²) in [5.74, 6) is 1.40. The van der Waals surface area contributed by atoms with Crippen LogP contribution in [0.1, 0.15) is 17.9 Å². The number of benzene rings is 2. The highest BCUT2D eigenvalue weighted by molar-refractivity contribution is 9.10. The molecule has 0 aliphatic carbocycles. The van der Waals surface area contributed by atoms with Crippen molar-refractivity contribution in [1.29, 1.82) is 5.26 Å². The van der Waals surface area contributed by atoms with Gasteiger partial charge in [-0.2, -0.15) is 10.2 Å². The molecule has 0 aliphatic heterocycles. The van der Waals surface area contributed by atoms with Gasteiger partial charge in [-0.25, -0.2) is 4.79 Å². The lowest BCUT2D eigenvalue weighted by Gasteiger charge is -2.21. The highest BCUT2D eigenvalue weighted by Crippen LogP contribution is 2.20. The molecule has 3 aromatic rings. The summed E-state index contributed by atoms with van der Waals surface area (Å²) in [6.45, 7) is 2.28. The minimum Gasteiger partial charge on any atom is -0.410 e. The number of carbonyl (C=O) groups excluding carboxylic acids is 1. The topological polar surface area (TPSA) is 92.2 Å². The maximum absolute atomic E-state index is 12.6. The normalized spacial score (nSPS) is 10.3. The molecule has 0 fully saturated rings. The van der Waals surface area contributed by atoms with Gasteiger partial charge < -0.3 is 14.2 Å². The van der Waals surface area contributed by atoms with Gasteiger partial charge >= 0.3 is 6.09 Å². The van der Waals surface area contributed by atoms with Crippen LogP contribution in [-0.4, -0.2) is 27.7 Å². The second-order valence-electron chi connectivity index (χ2n) is 5.99. The van der Waals surface area contributed by atoms with E-state index in [1.807, 2.05) is 24.3 Å². The van der Waals surface area contributed by atoms with E-state index in [0.717, 1.165) is 15.6 Å². The molecule has 1 aromatic heterocycles. The second kappa shape index (κ2) is 9.15. The molecule has 0 saturated heterocycles. The van der Waals surface area contributed by atoms with E-state index in [-0.39, 0.29) is 13.0 Å². The lowest BCUT2D eigenvalue weighted by molar-refractivity contribution is 0.150. The summed E-state index contributed by atoms with van der Waals surface area (Å²) in [6, 6.07) is 16.5. The summed E-state index contributed by atoms with van der Waals surface area (Å²) in [5.41, 5.74) is 1.65. The maximum atomic E-state index is 12.6. The molecule has 1 heterocycles. The van der Waals surface area contributed by atoms with Gasteiger partial charge in [0, 0.05) is 30.0 Å². The lowest BCUT2D eigenvalue weighted by Crippen LogP contribution is -2.33. The standard InChI is InChI=1S/C20H17BrN4O3/c1-14-23-19(24-28-14)16-5-2-4-15(12-16)13-25(11-3-10-22)20(26)27-18-8-6-17(21)7-9-18/h2,4-9,12H,3,11,13H2,1H3. The van der Waals surface area contributed by atoms with Crippen molar-refractivity contribution in [3.05, 3.63) is 64.5 Å². The third-order valence-corrected chi connectivity index (χ3v) is 4.39. The Morgan fingerprint density at radius 1 is 1.29 bits per heavy atom. The molecule has 0 bridgehead atoms. The Labute approximate surface area is 170 Å². The minimum atomic E-state index is -0.515. The number of ether oxygens (including phenoxy) is 1. The van der Waals surface area contributed by atoms with E-state index >= 15 is 0 Å². The number of hydrogen-bond donors (Lipinski definition) is 0. The average Bonchev–Trinajstić information content (AvgIpc) is 3.13. The van der Waals surface area contributed by atoms with E-state index in [1.54, 1.807) is 31.2 Å². The number of nitriles is 1. The van der Waals surface area contributed by atoms with Gasteiger partial charge in [0.25, 0.3) is 0 Å². The van der Waals surface area contributed by atoms with Crippen LogP contribution in [0.5, 0.6) is 5.75 Å². The Balaban J connectivity index is 1.75. The molecule has 0 radical (unpaired) electrons. The summed E-state index contributed by atoms with van der Waals surface area (Å²) < 4.78 is 11.3. The molecule has 0 N–H and O–H groups in total. The molecular formula is C20H17BrN4O3. The molecule has 28 heavy (non-hydrogen) atoms. The molecule has 1 amide bonds. The molecule has 7 nitrogen and oxygen atoms in total. The van der Waals surface area contributed by atoms with Crippen molar-refractivity contribution >= 4 is 22.0 Å². The van der Waals surface area contributed by atoms with E-state index in [4.69, 9.17) is 14.5 Å². The molecule has 3 rings (SSSR count). The predicted octanol–water partition coefficient (Wildman–Crippen LogP) is 4.72. The third kappa shape index (κ3) is 5.18. The molecule has 142 valence electrons. The van der Waals surface area contributed by atoms with Crippen molar-refractivity contribution < 1.29 is 14.1 Å². The Bertz CT molecular complexity index is 995. The highest BCUT2D eigenvalue weighted by Gasteiger charge is 2.17. The smallest absolute Gasteiger partial charge is 0.410 e. The van der Waals surface area contributed by atoms with Crippen LogP contribution in [-0.2, 0) is 6.54 Å². The van der Waals surface area contributed by atoms with Gasteiger partial charge in [-0.15, -0.1) is 0 Å². The van der Waals surface area contributed by atoms with Crippen molar-refractivity contribution in [2.24, 2.45) is 0 Å². The Kier molecular flexibility index (Phi) is 6.40. The zero-order chi connectivity index (χ0) is 19.9. The fourth-order valence-corrected chi connectivity index (χ4v) is 2.80. The number of carbonyl (C=O) groups is 1. The van der Waals surface area contributed by atoms with Crippen molar-refractivity contribution in [2.45, 2.75) is 19.9 Å². The Morgan fingerprint density at radius 3 is 2.75 bits per heavy atom. The van der Waals surface area contributed by atoms with Crippen molar-refractivity contribution in [3.63, 3.8) is 0 Å². The van der Waals surface area contributed by atoms with E-state index in [1.165, 1.54) is 4.90 Å². The highest BCUT2D eigenvalue weighted by atomic mass is 79.9. The first-order valence-corrected chi connectivity index (χ1v) is 9.33.